The first-order valence-electron chi connectivity index (χ1n) is 14.0. The molecule has 3 N–H and O–H groups in total. The van der Waals surface area contributed by atoms with E-state index < -0.39 is 11.9 Å². The van der Waals surface area contributed by atoms with Gasteiger partial charge in [0.05, 0.1) is 6.61 Å². The highest BCUT2D eigenvalue weighted by atomic mass is 32.1. The molecule has 1 atom stereocenters. The Morgan fingerprint density at radius 3 is 2.50 bits per heavy atom. The van der Waals surface area contributed by atoms with E-state index in [2.05, 4.69) is 44.4 Å². The summed E-state index contributed by atoms with van der Waals surface area (Å²) in [5.41, 5.74) is 5.70. The number of β-amino-alcohol motifs (C(OH)–C–C–N with tert-alkyl or cyclic N) is 1. The minimum absolute atomic E-state index is 0.0424. The van der Waals surface area contributed by atoms with Crippen molar-refractivity contribution in [3.05, 3.63) is 94.5 Å². The third kappa shape index (κ3) is 5.61. The number of aliphatic hydroxyl groups excluding tert-OH is 1. The molecule has 1 fully saturated rings. The maximum absolute atomic E-state index is 13.9. The molecule has 1 unspecified atom stereocenters. The van der Waals surface area contributed by atoms with E-state index in [4.69, 9.17) is 0 Å². The lowest BCUT2D eigenvalue weighted by Crippen LogP contribution is -2.47. The van der Waals surface area contributed by atoms with E-state index in [1.54, 1.807) is 29.8 Å². The highest BCUT2D eigenvalue weighted by Crippen LogP contribution is 2.38. The van der Waals surface area contributed by atoms with Gasteiger partial charge in [0, 0.05) is 67.7 Å². The standard InChI is InChI=1S/C32H33N5O4S/c1-21-2-9-28(39)27(18-21)29(30(40)34-32-33-10-17-42-32)37-20-24-4-3-23(19-26(24)31(37)41)22-5-7-25(8-6-22)36-13-11-35(12-14-36)15-16-38/h2-10,17-19,29,38-39H,11-16,20H2,1H3,(H,33,34,40). The first kappa shape index (κ1) is 27.9. The fourth-order valence-corrected chi connectivity index (χ4v) is 6.28. The first-order valence-corrected chi connectivity index (χ1v) is 14.9. The number of anilines is 2. The van der Waals surface area contributed by atoms with Crippen molar-refractivity contribution in [1.29, 1.82) is 0 Å². The molecule has 1 aromatic heterocycles. The van der Waals surface area contributed by atoms with Crippen molar-refractivity contribution in [2.24, 2.45) is 0 Å². The summed E-state index contributed by atoms with van der Waals surface area (Å²) in [7, 11) is 0. The number of aliphatic hydroxyl groups is 1. The van der Waals surface area contributed by atoms with E-state index >= 15 is 0 Å². The van der Waals surface area contributed by atoms with Crippen LogP contribution < -0.4 is 10.2 Å². The average molecular weight is 584 g/mol. The molecular formula is C32H33N5O4S. The Labute approximate surface area is 248 Å². The second kappa shape index (κ2) is 11.9. The zero-order valence-electron chi connectivity index (χ0n) is 23.4. The van der Waals surface area contributed by atoms with Gasteiger partial charge in [-0.05, 0) is 53.9 Å². The van der Waals surface area contributed by atoms with Gasteiger partial charge in [0.15, 0.2) is 5.13 Å². The zero-order chi connectivity index (χ0) is 29.2. The number of carbonyl (C=O) groups excluding carboxylic acids is 2. The minimum atomic E-state index is -1.03. The molecule has 216 valence electrons. The molecule has 4 aromatic rings. The van der Waals surface area contributed by atoms with Crippen LogP contribution in [0.25, 0.3) is 11.1 Å². The quantitative estimate of drug-likeness (QED) is 0.284. The molecule has 2 aliphatic rings. The summed E-state index contributed by atoms with van der Waals surface area (Å²) in [6.45, 7) is 6.71. The third-order valence-electron chi connectivity index (χ3n) is 8.00. The van der Waals surface area contributed by atoms with Gasteiger partial charge in [-0.25, -0.2) is 4.98 Å². The van der Waals surface area contributed by atoms with Crippen molar-refractivity contribution in [3.63, 3.8) is 0 Å². The number of fused-ring (bicyclic) bond motifs is 1. The van der Waals surface area contributed by atoms with Gasteiger partial charge >= 0.3 is 0 Å². The van der Waals surface area contributed by atoms with Crippen LogP contribution in [-0.4, -0.2) is 76.1 Å². The molecule has 2 amide bonds. The summed E-state index contributed by atoms with van der Waals surface area (Å²) in [5.74, 6) is -0.733. The number of nitrogens with one attached hydrogen (secondary N) is 1. The first-order chi connectivity index (χ1) is 20.4. The molecule has 10 heteroatoms. The normalized spacial score (nSPS) is 16.0. The van der Waals surface area contributed by atoms with Crippen molar-refractivity contribution in [2.45, 2.75) is 19.5 Å². The summed E-state index contributed by atoms with van der Waals surface area (Å²) >= 11 is 1.29. The monoisotopic (exact) mass is 583 g/mol. The zero-order valence-corrected chi connectivity index (χ0v) is 24.2. The smallest absolute Gasteiger partial charge is 0.255 e. The number of phenolic OH excluding ortho intramolecular Hbond substituents is 1. The molecule has 6 rings (SSSR count). The Hall–Kier alpha value is -4.25. The number of aromatic nitrogens is 1. The summed E-state index contributed by atoms with van der Waals surface area (Å²) < 4.78 is 0. The van der Waals surface area contributed by atoms with Crippen LogP contribution in [-0.2, 0) is 11.3 Å². The van der Waals surface area contributed by atoms with Crippen LogP contribution in [0.2, 0.25) is 0 Å². The fourth-order valence-electron chi connectivity index (χ4n) is 5.75. The van der Waals surface area contributed by atoms with Crippen LogP contribution in [0.1, 0.15) is 33.1 Å². The molecule has 42 heavy (non-hydrogen) atoms. The summed E-state index contributed by atoms with van der Waals surface area (Å²) in [6.07, 6.45) is 1.60. The van der Waals surface area contributed by atoms with E-state index in [1.165, 1.54) is 16.2 Å². The predicted octanol–water partition coefficient (Wildman–Crippen LogP) is 4.27. The Balaban J connectivity index is 1.24. The van der Waals surface area contributed by atoms with Crippen LogP contribution in [0, 0.1) is 6.92 Å². The lowest BCUT2D eigenvalue weighted by atomic mass is 10.00. The van der Waals surface area contributed by atoms with Crippen LogP contribution in [0.5, 0.6) is 5.75 Å². The lowest BCUT2D eigenvalue weighted by molar-refractivity contribution is -0.120. The molecule has 0 aliphatic carbocycles. The van der Waals surface area contributed by atoms with Crippen LogP contribution in [0.4, 0.5) is 10.8 Å². The molecule has 3 aromatic carbocycles. The number of rotatable bonds is 8. The molecule has 0 bridgehead atoms. The largest absolute Gasteiger partial charge is 0.508 e. The topological polar surface area (TPSA) is 109 Å². The number of amides is 2. The molecule has 0 saturated carbocycles. The van der Waals surface area contributed by atoms with Crippen LogP contribution in [0.3, 0.4) is 0 Å². The van der Waals surface area contributed by atoms with Gasteiger partial charge in [-0.3, -0.25) is 19.8 Å². The van der Waals surface area contributed by atoms with Gasteiger partial charge in [0.25, 0.3) is 11.8 Å². The molecule has 0 spiro atoms. The molecule has 1 saturated heterocycles. The minimum Gasteiger partial charge on any atom is -0.508 e. The number of thiazole rings is 1. The Bertz CT molecular complexity index is 1580. The summed E-state index contributed by atoms with van der Waals surface area (Å²) in [4.78, 5) is 37.7. The molecule has 3 heterocycles. The van der Waals surface area contributed by atoms with Gasteiger partial charge in [0.2, 0.25) is 0 Å². The second-order valence-corrected chi connectivity index (χ2v) is 11.6. The maximum Gasteiger partial charge on any atom is 0.255 e. The van der Waals surface area contributed by atoms with Gasteiger partial charge in [0.1, 0.15) is 11.8 Å². The van der Waals surface area contributed by atoms with E-state index in [1.807, 2.05) is 25.1 Å². The van der Waals surface area contributed by atoms with Gasteiger partial charge in [-0.2, -0.15) is 0 Å². The Morgan fingerprint density at radius 1 is 1.02 bits per heavy atom. The number of aryl methyl sites for hydroxylation is 1. The molecule has 2 aliphatic heterocycles. The maximum atomic E-state index is 13.9. The number of piperazine rings is 1. The van der Waals surface area contributed by atoms with Crippen molar-refractivity contribution in [3.8, 4) is 16.9 Å². The predicted molar refractivity (Wildman–Crippen MR) is 164 cm³/mol. The van der Waals surface area contributed by atoms with E-state index in [9.17, 15) is 19.8 Å². The van der Waals surface area contributed by atoms with Crippen LogP contribution in [0.15, 0.2) is 72.2 Å². The second-order valence-electron chi connectivity index (χ2n) is 10.7. The number of hydrogen-bond acceptors (Lipinski definition) is 8. The van der Waals surface area contributed by atoms with Crippen LogP contribution >= 0.6 is 11.3 Å². The van der Waals surface area contributed by atoms with Crippen molar-refractivity contribution in [1.82, 2.24) is 14.8 Å². The van der Waals surface area contributed by atoms with Crippen molar-refractivity contribution < 1.29 is 19.8 Å². The summed E-state index contributed by atoms with van der Waals surface area (Å²) in [5, 5.41) is 24.9. The Kier molecular flexibility index (Phi) is 7.92. The highest BCUT2D eigenvalue weighted by molar-refractivity contribution is 7.13. The fraction of sp³-hybridized carbons (Fsp3) is 0.281. The number of aromatic hydroxyl groups is 1. The Morgan fingerprint density at radius 2 is 1.79 bits per heavy atom. The molecule has 9 nitrogen and oxygen atoms in total. The van der Waals surface area contributed by atoms with Gasteiger partial charge in [-0.1, -0.05) is 35.9 Å². The number of phenols is 1. The number of carbonyl (C=O) groups is 2. The SMILES string of the molecule is Cc1ccc(O)c(C(C(=O)Nc2nccs2)N2Cc3ccc(-c4ccc(N5CCN(CCO)CC5)cc4)cc3C2=O)c1. The van der Waals surface area contributed by atoms with Gasteiger partial charge < -0.3 is 20.0 Å². The number of benzene rings is 3. The molecule has 0 radical (unpaired) electrons. The van der Waals surface area contributed by atoms with Crippen molar-refractivity contribution >= 4 is 34.0 Å². The number of hydrogen-bond donors (Lipinski definition) is 3. The van der Waals surface area contributed by atoms with Gasteiger partial charge in [-0.15, -0.1) is 11.3 Å². The molecular weight excluding hydrogens is 550 g/mol. The highest BCUT2D eigenvalue weighted by Gasteiger charge is 2.39. The van der Waals surface area contributed by atoms with E-state index in [0.29, 0.717) is 22.8 Å². The number of nitrogens with zero attached hydrogens (tertiary/aromatic N) is 4. The average Bonchev–Trinajstić information content (AvgIpc) is 3.63. The van der Waals surface area contributed by atoms with Crippen molar-refractivity contribution in [2.75, 3.05) is 49.5 Å². The third-order valence-corrected chi connectivity index (χ3v) is 8.68. The van der Waals surface area contributed by atoms with E-state index in [0.717, 1.165) is 54.1 Å². The van der Waals surface area contributed by atoms with E-state index in [-0.39, 0.29) is 24.8 Å². The lowest BCUT2D eigenvalue weighted by Gasteiger charge is -2.35. The summed E-state index contributed by atoms with van der Waals surface area (Å²) in [6, 6.07) is 18.2.